The summed E-state index contributed by atoms with van der Waals surface area (Å²) in [4.78, 5) is 18.4. The minimum absolute atomic E-state index is 0.0537. The van der Waals surface area contributed by atoms with Crippen LogP contribution in [0.2, 0.25) is 0 Å². The Morgan fingerprint density at radius 2 is 2.40 bits per heavy atom. The van der Waals surface area contributed by atoms with Crippen LogP contribution in [0.5, 0.6) is 0 Å². The average molecular weight is 275 g/mol. The molecule has 0 radical (unpaired) electrons. The number of carbonyl (C=O) groups excluding carboxylic acids is 1. The molecular formula is C13H17N5O2. The fraction of sp³-hybridized carbons (Fsp3) is 0.462. The minimum Gasteiger partial charge on any atom is -0.373 e. The second kappa shape index (κ2) is 5.18. The Balaban J connectivity index is 1.85. The third kappa shape index (κ3) is 2.25. The maximum Gasteiger partial charge on any atom is 0.257 e. The van der Waals surface area contributed by atoms with Crippen molar-refractivity contribution in [3.63, 3.8) is 0 Å². The van der Waals surface area contributed by atoms with Crippen molar-refractivity contribution in [3.8, 4) is 0 Å². The Bertz CT molecular complexity index is 624. The largest absolute Gasteiger partial charge is 0.373 e. The summed E-state index contributed by atoms with van der Waals surface area (Å²) in [6.07, 6.45) is 6.46. The average Bonchev–Trinajstić information content (AvgIpc) is 2.90. The molecule has 7 nitrogen and oxygen atoms in total. The van der Waals surface area contributed by atoms with Crippen molar-refractivity contribution in [1.82, 2.24) is 19.5 Å². The number of nitrogens with two attached hydrogens (primary N) is 1. The van der Waals surface area contributed by atoms with Gasteiger partial charge in [-0.25, -0.2) is 4.52 Å². The predicted molar refractivity (Wildman–Crippen MR) is 72.3 cm³/mol. The normalized spacial score (nSPS) is 21.1. The van der Waals surface area contributed by atoms with Crippen molar-refractivity contribution < 1.29 is 9.53 Å². The molecular weight excluding hydrogens is 258 g/mol. The van der Waals surface area contributed by atoms with Crippen molar-refractivity contribution >= 4 is 11.4 Å². The third-order valence-electron chi connectivity index (χ3n) is 3.52. The Morgan fingerprint density at radius 1 is 1.55 bits per heavy atom. The molecule has 1 saturated heterocycles. The monoisotopic (exact) mass is 275 g/mol. The molecule has 2 aromatic heterocycles. The number of fused-ring (bicyclic) bond motifs is 1. The SMILES string of the molecule is CC(N)C1CN(C(=O)c2cnn3ccncc23)CCO1. The topological polar surface area (TPSA) is 85.8 Å². The zero-order valence-electron chi connectivity index (χ0n) is 11.3. The lowest BCUT2D eigenvalue weighted by molar-refractivity contribution is -0.0299. The van der Waals surface area contributed by atoms with E-state index in [2.05, 4.69) is 10.1 Å². The number of morpholine rings is 1. The van der Waals surface area contributed by atoms with Crippen LogP contribution in [0.4, 0.5) is 0 Å². The first kappa shape index (κ1) is 13.0. The van der Waals surface area contributed by atoms with E-state index in [0.29, 0.717) is 30.8 Å². The van der Waals surface area contributed by atoms with Crippen LogP contribution in [0.3, 0.4) is 0 Å². The summed E-state index contributed by atoms with van der Waals surface area (Å²) >= 11 is 0. The Morgan fingerprint density at radius 3 is 3.20 bits per heavy atom. The number of carbonyl (C=O) groups is 1. The fourth-order valence-corrected chi connectivity index (χ4v) is 2.35. The summed E-state index contributed by atoms with van der Waals surface area (Å²) in [5, 5.41) is 4.16. The van der Waals surface area contributed by atoms with Crippen molar-refractivity contribution in [2.45, 2.75) is 19.1 Å². The van der Waals surface area contributed by atoms with Crippen LogP contribution < -0.4 is 5.73 Å². The molecule has 0 aliphatic carbocycles. The second-order valence-corrected chi connectivity index (χ2v) is 4.98. The lowest BCUT2D eigenvalue weighted by atomic mass is 10.1. The van der Waals surface area contributed by atoms with E-state index in [9.17, 15) is 4.79 Å². The highest BCUT2D eigenvalue weighted by Crippen LogP contribution is 2.15. The zero-order valence-corrected chi connectivity index (χ0v) is 11.3. The van der Waals surface area contributed by atoms with Gasteiger partial charge >= 0.3 is 0 Å². The number of amides is 1. The molecule has 0 saturated carbocycles. The van der Waals surface area contributed by atoms with Gasteiger partial charge in [-0.2, -0.15) is 5.10 Å². The molecule has 0 spiro atoms. The van der Waals surface area contributed by atoms with Gasteiger partial charge in [0.05, 0.1) is 36.2 Å². The van der Waals surface area contributed by atoms with Gasteiger partial charge in [0.1, 0.15) is 0 Å². The molecule has 0 aromatic carbocycles. The molecule has 1 fully saturated rings. The summed E-state index contributed by atoms with van der Waals surface area (Å²) in [5.74, 6) is -0.0537. The smallest absolute Gasteiger partial charge is 0.257 e. The first-order chi connectivity index (χ1) is 9.66. The predicted octanol–water partition coefficient (Wildman–Crippen LogP) is -0.0825. The summed E-state index contributed by atoms with van der Waals surface area (Å²) in [7, 11) is 0. The molecule has 3 heterocycles. The number of aromatic nitrogens is 3. The van der Waals surface area contributed by atoms with Crippen LogP contribution in [-0.4, -0.2) is 57.2 Å². The van der Waals surface area contributed by atoms with Crippen LogP contribution in [-0.2, 0) is 4.74 Å². The summed E-state index contributed by atoms with van der Waals surface area (Å²) in [5.41, 5.74) is 7.12. The van der Waals surface area contributed by atoms with Crippen LogP contribution in [0.1, 0.15) is 17.3 Å². The van der Waals surface area contributed by atoms with E-state index in [1.807, 2.05) is 6.92 Å². The van der Waals surface area contributed by atoms with E-state index >= 15 is 0 Å². The van der Waals surface area contributed by atoms with Crippen molar-refractivity contribution in [2.24, 2.45) is 5.73 Å². The number of hydrogen-bond acceptors (Lipinski definition) is 5. The molecule has 1 aliphatic rings. The quantitative estimate of drug-likeness (QED) is 0.828. The fourth-order valence-electron chi connectivity index (χ4n) is 2.35. The summed E-state index contributed by atoms with van der Waals surface area (Å²) in [6, 6.07) is -0.101. The van der Waals surface area contributed by atoms with Gasteiger partial charge in [0.15, 0.2) is 0 Å². The molecule has 20 heavy (non-hydrogen) atoms. The number of ether oxygens (including phenoxy) is 1. The maximum absolute atomic E-state index is 12.6. The highest BCUT2D eigenvalue weighted by Gasteiger charge is 2.28. The first-order valence-electron chi connectivity index (χ1n) is 6.60. The van der Waals surface area contributed by atoms with Gasteiger partial charge in [-0.1, -0.05) is 0 Å². The minimum atomic E-state index is -0.118. The molecule has 2 unspecified atom stereocenters. The van der Waals surface area contributed by atoms with E-state index in [4.69, 9.17) is 10.5 Å². The van der Waals surface area contributed by atoms with Crippen molar-refractivity contribution in [2.75, 3.05) is 19.7 Å². The molecule has 2 N–H and O–H groups in total. The van der Waals surface area contributed by atoms with Crippen LogP contribution in [0.15, 0.2) is 24.8 Å². The van der Waals surface area contributed by atoms with E-state index in [1.165, 1.54) is 0 Å². The molecule has 2 aromatic rings. The van der Waals surface area contributed by atoms with E-state index in [-0.39, 0.29) is 18.1 Å². The lowest BCUT2D eigenvalue weighted by Crippen LogP contribution is -2.51. The molecule has 106 valence electrons. The van der Waals surface area contributed by atoms with Gasteiger partial charge in [-0.15, -0.1) is 0 Å². The standard InChI is InChI=1S/C13H17N5O2/c1-9(14)12-8-17(4-5-20-12)13(19)10-6-16-18-3-2-15-7-11(10)18/h2-3,6-7,9,12H,4-5,8,14H2,1H3. The summed E-state index contributed by atoms with van der Waals surface area (Å²) in [6.45, 7) is 3.47. The first-order valence-corrected chi connectivity index (χ1v) is 6.60. The molecule has 1 aliphatic heterocycles. The van der Waals surface area contributed by atoms with Gasteiger partial charge < -0.3 is 15.4 Å². The van der Waals surface area contributed by atoms with E-state index in [0.717, 1.165) is 0 Å². The number of nitrogens with zero attached hydrogens (tertiary/aromatic N) is 4. The summed E-state index contributed by atoms with van der Waals surface area (Å²) < 4.78 is 7.22. The Labute approximate surface area is 116 Å². The van der Waals surface area contributed by atoms with Gasteiger partial charge in [0, 0.05) is 31.5 Å². The molecule has 0 bridgehead atoms. The molecule has 7 heteroatoms. The van der Waals surface area contributed by atoms with Gasteiger partial charge in [0.2, 0.25) is 0 Å². The number of rotatable bonds is 2. The van der Waals surface area contributed by atoms with Crippen molar-refractivity contribution in [1.29, 1.82) is 0 Å². The van der Waals surface area contributed by atoms with Crippen LogP contribution in [0.25, 0.3) is 5.52 Å². The molecule has 3 rings (SSSR count). The van der Waals surface area contributed by atoms with Gasteiger partial charge in [-0.3, -0.25) is 9.78 Å². The maximum atomic E-state index is 12.6. The third-order valence-corrected chi connectivity index (χ3v) is 3.52. The van der Waals surface area contributed by atoms with Gasteiger partial charge in [0.25, 0.3) is 5.91 Å². The molecule has 1 amide bonds. The second-order valence-electron chi connectivity index (χ2n) is 4.98. The highest BCUT2D eigenvalue weighted by atomic mass is 16.5. The van der Waals surface area contributed by atoms with Gasteiger partial charge in [-0.05, 0) is 6.92 Å². The lowest BCUT2D eigenvalue weighted by Gasteiger charge is -2.34. The molecule has 2 atom stereocenters. The Kier molecular flexibility index (Phi) is 3.37. The van der Waals surface area contributed by atoms with E-state index in [1.54, 1.807) is 34.2 Å². The Hall–Kier alpha value is -1.99. The number of hydrogen-bond donors (Lipinski definition) is 1. The van der Waals surface area contributed by atoms with Crippen molar-refractivity contribution in [3.05, 3.63) is 30.4 Å². The zero-order chi connectivity index (χ0) is 14.1. The van der Waals surface area contributed by atoms with Crippen LogP contribution in [0, 0.1) is 0 Å². The van der Waals surface area contributed by atoms with Crippen LogP contribution >= 0.6 is 0 Å². The van der Waals surface area contributed by atoms with E-state index < -0.39 is 0 Å². The highest BCUT2D eigenvalue weighted by molar-refractivity contribution is 6.00.